The number of hydrogen-bond donors (Lipinski definition) is 1. The predicted molar refractivity (Wildman–Crippen MR) is 151 cm³/mol. The Morgan fingerprint density at radius 2 is 1.70 bits per heavy atom. The summed E-state index contributed by atoms with van der Waals surface area (Å²) in [5.41, 5.74) is 4.85. The van der Waals surface area contributed by atoms with Crippen molar-refractivity contribution in [3.8, 4) is 28.5 Å². The number of nitrogens with zero attached hydrogens (tertiary/aromatic N) is 5. The zero-order valence-electron chi connectivity index (χ0n) is 22.4. The number of methoxy groups -OCH3 is 2. The smallest absolute Gasteiger partial charge is 0.414 e. The summed E-state index contributed by atoms with van der Waals surface area (Å²) >= 11 is 0. The second-order valence-corrected chi connectivity index (χ2v) is 8.94. The summed E-state index contributed by atoms with van der Waals surface area (Å²) < 4.78 is 18.5. The zero-order valence-corrected chi connectivity index (χ0v) is 22.4. The van der Waals surface area contributed by atoms with Gasteiger partial charge in [-0.3, -0.25) is 4.57 Å². The van der Waals surface area contributed by atoms with Crippen LogP contribution in [0.1, 0.15) is 18.1 Å². The average molecular weight is 540 g/mol. The lowest BCUT2D eigenvalue weighted by Crippen LogP contribution is -2.31. The number of rotatable bonds is 10. The monoisotopic (exact) mass is 539 g/mol. The van der Waals surface area contributed by atoms with Crippen LogP contribution in [0.3, 0.4) is 0 Å². The number of aromatic nitrogens is 4. The summed E-state index contributed by atoms with van der Waals surface area (Å²) in [5, 5.41) is 9.88. The van der Waals surface area contributed by atoms with Gasteiger partial charge in [-0.05, 0) is 42.3 Å². The Balaban J connectivity index is 1.46. The first-order valence-corrected chi connectivity index (χ1v) is 12.7. The molecule has 0 saturated heterocycles. The molecule has 0 aliphatic heterocycles. The Labute approximate surface area is 231 Å². The number of carboxylic acid groups (broad SMARTS) is 1. The summed E-state index contributed by atoms with van der Waals surface area (Å²) in [6.07, 6.45) is 2.39. The minimum absolute atomic E-state index is 0.237. The number of anilines is 1. The average Bonchev–Trinajstić information content (AvgIpc) is 3.34. The van der Waals surface area contributed by atoms with Gasteiger partial charge in [0.15, 0.2) is 17.1 Å². The molecule has 3 heterocycles. The first-order chi connectivity index (χ1) is 19.5. The third-order valence-electron chi connectivity index (χ3n) is 6.43. The van der Waals surface area contributed by atoms with Crippen molar-refractivity contribution < 1.29 is 24.1 Å². The number of hydrogen-bond acceptors (Lipinski definition) is 7. The highest BCUT2D eigenvalue weighted by Crippen LogP contribution is 2.31. The Morgan fingerprint density at radius 3 is 2.38 bits per heavy atom. The summed E-state index contributed by atoms with van der Waals surface area (Å²) in [4.78, 5) is 26.9. The van der Waals surface area contributed by atoms with E-state index in [4.69, 9.17) is 24.2 Å². The third-order valence-corrected chi connectivity index (χ3v) is 6.43. The van der Waals surface area contributed by atoms with Gasteiger partial charge in [-0.25, -0.2) is 24.6 Å². The molecule has 0 fully saturated rings. The van der Waals surface area contributed by atoms with Gasteiger partial charge in [-0.1, -0.05) is 36.4 Å². The minimum atomic E-state index is -1.09. The summed E-state index contributed by atoms with van der Waals surface area (Å²) in [5.74, 6) is 1.96. The molecule has 204 valence electrons. The van der Waals surface area contributed by atoms with Crippen LogP contribution in [0.4, 0.5) is 10.7 Å². The third kappa shape index (κ3) is 5.51. The number of fused-ring (bicyclic) bond motifs is 1. The van der Waals surface area contributed by atoms with E-state index in [2.05, 4.69) is 4.98 Å². The Morgan fingerprint density at radius 1 is 0.900 bits per heavy atom. The van der Waals surface area contributed by atoms with E-state index in [1.807, 2.05) is 60.7 Å². The lowest BCUT2D eigenvalue weighted by molar-refractivity contribution is 0.201. The van der Waals surface area contributed by atoms with Crippen LogP contribution in [0.5, 0.6) is 17.4 Å². The summed E-state index contributed by atoms with van der Waals surface area (Å²) in [6.45, 7) is 2.64. The van der Waals surface area contributed by atoms with E-state index in [0.29, 0.717) is 47.6 Å². The molecule has 0 atom stereocenters. The molecule has 0 unspecified atom stereocenters. The number of pyridine rings is 2. The highest BCUT2D eigenvalue weighted by molar-refractivity contribution is 5.88. The van der Waals surface area contributed by atoms with Crippen LogP contribution in [-0.2, 0) is 13.2 Å². The van der Waals surface area contributed by atoms with E-state index in [1.54, 1.807) is 44.2 Å². The van der Waals surface area contributed by atoms with Gasteiger partial charge in [0, 0.05) is 36.1 Å². The standard InChI is InChI=1S/C30H29N5O5/c1-4-34(30(36)37)29-33-24-15-23(22-8-6-5-7-9-22)17-32-28(24)35(29)18-20-10-12-25(26(14-20)38-2)40-19-21-11-13-27(39-3)31-16-21/h5-17H,4,18-19H2,1-3H3,(H,36,37). The second-order valence-electron chi connectivity index (χ2n) is 8.94. The molecule has 3 aromatic heterocycles. The van der Waals surface area contributed by atoms with Gasteiger partial charge in [0.2, 0.25) is 11.8 Å². The van der Waals surface area contributed by atoms with E-state index in [0.717, 1.165) is 22.3 Å². The highest BCUT2D eigenvalue weighted by Gasteiger charge is 2.23. The largest absolute Gasteiger partial charge is 0.493 e. The molecule has 0 bridgehead atoms. The zero-order chi connectivity index (χ0) is 28.1. The fourth-order valence-corrected chi connectivity index (χ4v) is 4.39. The van der Waals surface area contributed by atoms with Gasteiger partial charge in [-0.2, -0.15) is 0 Å². The van der Waals surface area contributed by atoms with Crippen molar-refractivity contribution in [2.24, 2.45) is 0 Å². The molecule has 40 heavy (non-hydrogen) atoms. The van der Waals surface area contributed by atoms with Crippen molar-refractivity contribution in [2.45, 2.75) is 20.1 Å². The molecule has 1 amide bonds. The lowest BCUT2D eigenvalue weighted by atomic mass is 10.1. The number of amides is 1. The van der Waals surface area contributed by atoms with Crippen LogP contribution < -0.4 is 19.1 Å². The molecule has 5 rings (SSSR count). The van der Waals surface area contributed by atoms with Crippen LogP contribution in [0.25, 0.3) is 22.3 Å². The Kier molecular flexibility index (Phi) is 7.77. The van der Waals surface area contributed by atoms with Crippen LogP contribution in [-0.4, -0.2) is 51.5 Å². The van der Waals surface area contributed by atoms with E-state index in [-0.39, 0.29) is 6.54 Å². The number of benzene rings is 2. The maximum Gasteiger partial charge on any atom is 0.414 e. The topological polar surface area (TPSA) is 112 Å². The van der Waals surface area contributed by atoms with Gasteiger partial charge in [0.05, 0.1) is 20.8 Å². The quantitative estimate of drug-likeness (QED) is 0.243. The van der Waals surface area contributed by atoms with Crippen LogP contribution >= 0.6 is 0 Å². The van der Waals surface area contributed by atoms with Crippen molar-refractivity contribution in [1.82, 2.24) is 19.5 Å². The van der Waals surface area contributed by atoms with Gasteiger partial charge in [-0.15, -0.1) is 0 Å². The van der Waals surface area contributed by atoms with E-state index in [9.17, 15) is 9.90 Å². The van der Waals surface area contributed by atoms with Gasteiger partial charge in [0.1, 0.15) is 12.1 Å². The summed E-state index contributed by atoms with van der Waals surface area (Å²) in [7, 11) is 3.15. The van der Waals surface area contributed by atoms with Crippen LogP contribution in [0.15, 0.2) is 79.1 Å². The molecule has 0 aliphatic carbocycles. The SMILES string of the molecule is CCN(C(=O)O)c1nc2cc(-c3ccccc3)cnc2n1Cc1ccc(OCc2ccc(OC)nc2)c(OC)c1. The molecule has 2 aromatic carbocycles. The van der Waals surface area contributed by atoms with Crippen LogP contribution in [0.2, 0.25) is 0 Å². The van der Waals surface area contributed by atoms with E-state index >= 15 is 0 Å². The minimum Gasteiger partial charge on any atom is -0.493 e. The second kappa shape index (κ2) is 11.7. The van der Waals surface area contributed by atoms with Crippen molar-refractivity contribution >= 4 is 23.2 Å². The Bertz CT molecular complexity index is 1620. The van der Waals surface area contributed by atoms with Crippen molar-refractivity contribution in [3.05, 3.63) is 90.3 Å². The van der Waals surface area contributed by atoms with Crippen molar-refractivity contribution in [2.75, 3.05) is 25.7 Å². The molecule has 10 nitrogen and oxygen atoms in total. The molecule has 0 saturated carbocycles. The van der Waals surface area contributed by atoms with E-state index < -0.39 is 6.09 Å². The maximum absolute atomic E-state index is 12.1. The molecule has 10 heteroatoms. The predicted octanol–water partition coefficient (Wildman–Crippen LogP) is 5.64. The van der Waals surface area contributed by atoms with Gasteiger partial charge in [0.25, 0.3) is 0 Å². The van der Waals surface area contributed by atoms with Gasteiger partial charge >= 0.3 is 6.09 Å². The highest BCUT2D eigenvalue weighted by atomic mass is 16.5. The number of carbonyl (C=O) groups is 1. The van der Waals surface area contributed by atoms with Crippen molar-refractivity contribution in [3.63, 3.8) is 0 Å². The molecule has 0 radical (unpaired) electrons. The van der Waals surface area contributed by atoms with Crippen LogP contribution in [0, 0.1) is 0 Å². The number of ether oxygens (including phenoxy) is 3. The molecule has 0 aliphatic rings. The lowest BCUT2D eigenvalue weighted by Gasteiger charge is -2.18. The first-order valence-electron chi connectivity index (χ1n) is 12.7. The Hall–Kier alpha value is -5.12. The molecule has 5 aromatic rings. The summed E-state index contributed by atoms with van der Waals surface area (Å²) in [6, 6.07) is 21.1. The van der Waals surface area contributed by atoms with Crippen molar-refractivity contribution in [1.29, 1.82) is 0 Å². The molecule has 0 spiro atoms. The normalized spacial score (nSPS) is 10.9. The molecular formula is C30H29N5O5. The maximum atomic E-state index is 12.1. The fourth-order valence-electron chi connectivity index (χ4n) is 4.39. The molecule has 1 N–H and O–H groups in total. The van der Waals surface area contributed by atoms with Gasteiger partial charge < -0.3 is 19.3 Å². The van der Waals surface area contributed by atoms with E-state index in [1.165, 1.54) is 4.90 Å². The first kappa shape index (κ1) is 26.5. The molecular weight excluding hydrogens is 510 g/mol. The fraction of sp³-hybridized carbons (Fsp3) is 0.200. The number of imidazole rings is 1.